The van der Waals surface area contributed by atoms with Gasteiger partial charge in [0.25, 0.3) is 0 Å². The van der Waals surface area contributed by atoms with Gasteiger partial charge in [0, 0.05) is 0 Å². The van der Waals surface area contributed by atoms with Gasteiger partial charge in [-0.1, -0.05) is 67.2 Å². The second-order valence-electron chi connectivity index (χ2n) is 5.86. The van der Waals surface area contributed by atoms with Crippen LogP contribution in [-0.2, 0) is 0 Å². The Bertz CT molecular complexity index is 146. The molecule has 0 bridgehead atoms. The first-order valence-electron chi connectivity index (χ1n) is 7.03. The fraction of sp³-hybridized carbons (Fsp3) is 1.00. The zero-order chi connectivity index (χ0) is 11.9. The molecule has 0 amide bonds. The van der Waals surface area contributed by atoms with Crippen LogP contribution in [0.2, 0.25) is 0 Å². The highest BCUT2D eigenvalue weighted by Crippen LogP contribution is 2.38. The summed E-state index contributed by atoms with van der Waals surface area (Å²) in [6.07, 6.45) is 8.66. The van der Waals surface area contributed by atoms with Crippen molar-refractivity contribution in [1.29, 1.82) is 0 Å². The first kappa shape index (κ1) is 15.0. The van der Waals surface area contributed by atoms with Crippen LogP contribution in [0, 0.1) is 17.3 Å². The molecular weight excluding hydrogens is 180 g/mol. The molecule has 0 spiro atoms. The van der Waals surface area contributed by atoms with E-state index < -0.39 is 0 Å². The molecule has 0 aliphatic heterocycles. The van der Waals surface area contributed by atoms with Gasteiger partial charge in [0.2, 0.25) is 0 Å². The molecule has 15 heavy (non-hydrogen) atoms. The van der Waals surface area contributed by atoms with Crippen molar-refractivity contribution in [3.05, 3.63) is 0 Å². The molecule has 2 atom stereocenters. The standard InChI is InChI=1S/C13H26.C2H6/c1-5-12-7-6-11(2)8-9-13(3,4)10-12;1-2/h11-12H,5-10H2,1-4H3;1-2H3. The smallest absolute Gasteiger partial charge is 0.0351 e. The van der Waals surface area contributed by atoms with Crippen LogP contribution in [0.4, 0.5) is 0 Å². The summed E-state index contributed by atoms with van der Waals surface area (Å²) in [4.78, 5) is 0. The Labute approximate surface area is 97.8 Å². The molecule has 0 aromatic carbocycles. The highest BCUT2D eigenvalue weighted by molar-refractivity contribution is 4.77. The Hall–Kier alpha value is 0. The lowest BCUT2D eigenvalue weighted by atomic mass is 9.72. The monoisotopic (exact) mass is 212 g/mol. The summed E-state index contributed by atoms with van der Waals surface area (Å²) in [6, 6.07) is 0. The van der Waals surface area contributed by atoms with Gasteiger partial charge in [0.15, 0.2) is 0 Å². The predicted octanol–water partition coefficient (Wildman–Crippen LogP) is 5.67. The SMILES string of the molecule is CC.CCC1CCC(C)CCC(C)(C)C1. The van der Waals surface area contributed by atoms with E-state index in [1.54, 1.807) is 0 Å². The van der Waals surface area contributed by atoms with Crippen LogP contribution in [0.3, 0.4) is 0 Å². The maximum Gasteiger partial charge on any atom is -0.0351 e. The van der Waals surface area contributed by atoms with E-state index in [4.69, 9.17) is 0 Å². The molecule has 0 heterocycles. The minimum Gasteiger partial charge on any atom is -0.0683 e. The van der Waals surface area contributed by atoms with Gasteiger partial charge in [-0.15, -0.1) is 0 Å². The van der Waals surface area contributed by atoms with Gasteiger partial charge in [0.1, 0.15) is 0 Å². The molecule has 0 radical (unpaired) electrons. The summed E-state index contributed by atoms with van der Waals surface area (Å²) >= 11 is 0. The van der Waals surface area contributed by atoms with Crippen molar-refractivity contribution in [1.82, 2.24) is 0 Å². The predicted molar refractivity (Wildman–Crippen MR) is 71.2 cm³/mol. The molecule has 1 saturated carbocycles. The maximum atomic E-state index is 2.45. The molecule has 0 N–H and O–H groups in total. The molecule has 0 nitrogen and oxygen atoms in total. The van der Waals surface area contributed by atoms with E-state index >= 15 is 0 Å². The average molecular weight is 212 g/mol. The summed E-state index contributed by atoms with van der Waals surface area (Å²) in [5.41, 5.74) is 0.607. The van der Waals surface area contributed by atoms with Gasteiger partial charge >= 0.3 is 0 Å². The lowest BCUT2D eigenvalue weighted by molar-refractivity contribution is 0.184. The van der Waals surface area contributed by atoms with Gasteiger partial charge < -0.3 is 0 Å². The highest BCUT2D eigenvalue weighted by Gasteiger charge is 2.25. The van der Waals surface area contributed by atoms with Crippen molar-refractivity contribution in [2.75, 3.05) is 0 Å². The average Bonchev–Trinajstić information content (AvgIpc) is 2.22. The Morgan fingerprint density at radius 2 is 1.67 bits per heavy atom. The Balaban J connectivity index is 0.000000921. The lowest BCUT2D eigenvalue weighted by Crippen LogP contribution is -2.21. The maximum absolute atomic E-state index is 2.45. The molecule has 2 unspecified atom stereocenters. The van der Waals surface area contributed by atoms with E-state index in [9.17, 15) is 0 Å². The molecule has 1 fully saturated rings. The summed E-state index contributed by atoms with van der Waals surface area (Å²) in [7, 11) is 0. The molecule has 0 saturated heterocycles. The fourth-order valence-corrected chi connectivity index (χ4v) is 2.64. The van der Waals surface area contributed by atoms with E-state index in [2.05, 4.69) is 27.7 Å². The number of hydrogen-bond acceptors (Lipinski definition) is 0. The van der Waals surface area contributed by atoms with E-state index in [0.29, 0.717) is 5.41 Å². The van der Waals surface area contributed by atoms with Crippen LogP contribution in [0.5, 0.6) is 0 Å². The van der Waals surface area contributed by atoms with Gasteiger partial charge in [0.05, 0.1) is 0 Å². The van der Waals surface area contributed by atoms with Crippen LogP contribution in [0.15, 0.2) is 0 Å². The van der Waals surface area contributed by atoms with Crippen molar-refractivity contribution in [2.45, 2.75) is 80.1 Å². The molecule has 1 aliphatic carbocycles. The number of rotatable bonds is 1. The molecule has 0 aromatic heterocycles. The zero-order valence-corrected chi connectivity index (χ0v) is 11.9. The summed E-state index contributed by atoms with van der Waals surface area (Å²) < 4.78 is 0. The first-order chi connectivity index (χ1) is 7.03. The van der Waals surface area contributed by atoms with Crippen LogP contribution in [0.1, 0.15) is 80.1 Å². The Morgan fingerprint density at radius 3 is 2.20 bits per heavy atom. The first-order valence-corrected chi connectivity index (χ1v) is 7.03. The summed E-state index contributed by atoms with van der Waals surface area (Å²) in [5.74, 6) is 1.96. The van der Waals surface area contributed by atoms with Gasteiger partial charge in [-0.3, -0.25) is 0 Å². The third-order valence-corrected chi connectivity index (χ3v) is 3.80. The van der Waals surface area contributed by atoms with E-state index in [1.165, 1.54) is 38.5 Å². The van der Waals surface area contributed by atoms with Crippen LogP contribution < -0.4 is 0 Å². The van der Waals surface area contributed by atoms with Crippen molar-refractivity contribution >= 4 is 0 Å². The zero-order valence-electron chi connectivity index (χ0n) is 11.9. The summed E-state index contributed by atoms with van der Waals surface area (Å²) in [5, 5.41) is 0. The minimum atomic E-state index is 0.607. The third kappa shape index (κ3) is 6.22. The second kappa shape index (κ2) is 7.30. The van der Waals surface area contributed by atoms with Gasteiger partial charge in [-0.25, -0.2) is 0 Å². The topological polar surface area (TPSA) is 0 Å². The quantitative estimate of drug-likeness (QED) is 0.525. The van der Waals surface area contributed by atoms with Crippen molar-refractivity contribution in [3.8, 4) is 0 Å². The normalized spacial score (nSPS) is 30.8. The number of hydrogen-bond donors (Lipinski definition) is 0. The molecule has 1 rings (SSSR count). The van der Waals surface area contributed by atoms with Crippen LogP contribution in [-0.4, -0.2) is 0 Å². The van der Waals surface area contributed by atoms with Crippen molar-refractivity contribution in [2.24, 2.45) is 17.3 Å². The van der Waals surface area contributed by atoms with E-state index in [0.717, 1.165) is 11.8 Å². The second-order valence-corrected chi connectivity index (χ2v) is 5.86. The molecule has 0 heteroatoms. The minimum absolute atomic E-state index is 0.607. The van der Waals surface area contributed by atoms with Crippen molar-refractivity contribution in [3.63, 3.8) is 0 Å². The molecule has 0 aromatic rings. The molecule has 92 valence electrons. The lowest BCUT2D eigenvalue weighted by Gasteiger charge is -2.33. The van der Waals surface area contributed by atoms with Gasteiger partial charge in [-0.2, -0.15) is 0 Å². The Kier molecular flexibility index (Phi) is 7.30. The van der Waals surface area contributed by atoms with E-state index in [1.807, 2.05) is 13.8 Å². The molecule has 1 aliphatic rings. The van der Waals surface area contributed by atoms with Crippen LogP contribution >= 0.6 is 0 Å². The summed E-state index contributed by atoms with van der Waals surface area (Å²) in [6.45, 7) is 13.7. The fourth-order valence-electron chi connectivity index (χ4n) is 2.64. The highest BCUT2D eigenvalue weighted by atomic mass is 14.3. The largest absolute Gasteiger partial charge is 0.0683 e. The van der Waals surface area contributed by atoms with Gasteiger partial charge in [-0.05, 0) is 30.1 Å². The van der Waals surface area contributed by atoms with Crippen LogP contribution in [0.25, 0.3) is 0 Å². The molecular formula is C15H32. The van der Waals surface area contributed by atoms with E-state index in [-0.39, 0.29) is 0 Å². The van der Waals surface area contributed by atoms with Crippen molar-refractivity contribution < 1.29 is 0 Å². The Morgan fingerprint density at radius 1 is 1.07 bits per heavy atom. The third-order valence-electron chi connectivity index (χ3n) is 3.80.